The Bertz CT molecular complexity index is 654. The van der Waals surface area contributed by atoms with E-state index in [4.69, 9.17) is 23.2 Å². The van der Waals surface area contributed by atoms with Crippen molar-refractivity contribution in [2.24, 2.45) is 0 Å². The molecule has 1 aliphatic heterocycles. The third kappa shape index (κ3) is 5.24. The van der Waals surface area contributed by atoms with Gasteiger partial charge in [-0.25, -0.2) is 17.5 Å². The zero-order valence-electron chi connectivity index (χ0n) is 12.7. The van der Waals surface area contributed by atoms with Gasteiger partial charge in [0.25, 0.3) is 0 Å². The Morgan fingerprint density at radius 3 is 2.30 bits per heavy atom. The molecule has 1 aliphatic rings. The normalized spacial score (nSPS) is 17.0. The van der Waals surface area contributed by atoms with Gasteiger partial charge in [-0.2, -0.15) is 0 Å². The SMILES string of the molecule is CCS(=O)(=O)N1CCC(NC(=O)Nc2cc(Cl)cc(Cl)c2)CC1. The predicted octanol–water partition coefficient (Wildman–Crippen LogP) is 2.93. The van der Waals surface area contributed by atoms with Gasteiger partial charge in [0.2, 0.25) is 10.0 Å². The first kappa shape index (κ1) is 18.3. The molecule has 0 atom stereocenters. The molecule has 0 radical (unpaired) electrons. The van der Waals surface area contributed by atoms with Gasteiger partial charge in [0, 0.05) is 34.9 Å². The number of hydrogen-bond donors (Lipinski definition) is 2. The number of nitrogens with zero attached hydrogens (tertiary/aromatic N) is 1. The Labute approximate surface area is 146 Å². The van der Waals surface area contributed by atoms with Crippen molar-refractivity contribution in [3.05, 3.63) is 28.2 Å². The smallest absolute Gasteiger partial charge is 0.319 e. The van der Waals surface area contributed by atoms with Gasteiger partial charge in [-0.15, -0.1) is 0 Å². The minimum absolute atomic E-state index is 0.0621. The summed E-state index contributed by atoms with van der Waals surface area (Å²) in [7, 11) is -3.16. The number of piperidine rings is 1. The van der Waals surface area contributed by atoms with Gasteiger partial charge in [-0.3, -0.25) is 0 Å². The predicted molar refractivity (Wildman–Crippen MR) is 92.7 cm³/mol. The highest BCUT2D eigenvalue weighted by molar-refractivity contribution is 7.89. The van der Waals surface area contributed by atoms with Gasteiger partial charge in [-0.1, -0.05) is 23.2 Å². The summed E-state index contributed by atoms with van der Waals surface area (Å²) in [6, 6.07) is 4.36. The molecule has 2 rings (SSSR count). The molecule has 0 aliphatic carbocycles. The van der Waals surface area contributed by atoms with Crippen molar-refractivity contribution in [1.82, 2.24) is 9.62 Å². The van der Waals surface area contributed by atoms with Crippen LogP contribution >= 0.6 is 23.2 Å². The Balaban J connectivity index is 1.85. The molecule has 6 nitrogen and oxygen atoms in total. The molecule has 1 aromatic carbocycles. The third-order valence-electron chi connectivity index (χ3n) is 3.67. The molecule has 128 valence electrons. The number of carbonyl (C=O) groups excluding carboxylic acids is 1. The Morgan fingerprint density at radius 2 is 1.78 bits per heavy atom. The maximum atomic E-state index is 12.0. The number of rotatable bonds is 4. The lowest BCUT2D eigenvalue weighted by Gasteiger charge is -2.31. The van der Waals surface area contributed by atoms with Crippen LogP contribution in [0.5, 0.6) is 0 Å². The lowest BCUT2D eigenvalue weighted by Crippen LogP contribution is -2.47. The van der Waals surface area contributed by atoms with E-state index in [1.54, 1.807) is 25.1 Å². The summed E-state index contributed by atoms with van der Waals surface area (Å²) in [5, 5.41) is 6.38. The number of benzene rings is 1. The molecular formula is C14H19Cl2N3O3S. The molecule has 2 amide bonds. The largest absolute Gasteiger partial charge is 0.335 e. The highest BCUT2D eigenvalue weighted by Gasteiger charge is 2.27. The number of amides is 2. The van der Waals surface area contributed by atoms with E-state index in [0.29, 0.717) is 41.7 Å². The number of anilines is 1. The molecule has 1 fully saturated rings. The van der Waals surface area contributed by atoms with Gasteiger partial charge >= 0.3 is 6.03 Å². The molecule has 0 saturated carbocycles. The molecule has 0 aromatic heterocycles. The molecular weight excluding hydrogens is 361 g/mol. The molecule has 1 saturated heterocycles. The molecule has 9 heteroatoms. The second-order valence-corrected chi connectivity index (χ2v) is 8.46. The summed E-state index contributed by atoms with van der Waals surface area (Å²) >= 11 is 11.8. The van der Waals surface area contributed by atoms with Crippen LogP contribution in [0.2, 0.25) is 10.0 Å². The summed E-state index contributed by atoms with van der Waals surface area (Å²) in [5.74, 6) is 0.0983. The number of carbonyl (C=O) groups is 1. The van der Waals surface area contributed by atoms with Crippen LogP contribution in [-0.2, 0) is 10.0 Å². The van der Waals surface area contributed by atoms with Crippen LogP contribution in [0.25, 0.3) is 0 Å². The van der Waals surface area contributed by atoms with Crippen LogP contribution in [0.15, 0.2) is 18.2 Å². The molecule has 1 aromatic rings. The Morgan fingerprint density at radius 1 is 1.22 bits per heavy atom. The van der Waals surface area contributed by atoms with E-state index in [-0.39, 0.29) is 17.8 Å². The van der Waals surface area contributed by atoms with Crippen molar-refractivity contribution in [1.29, 1.82) is 0 Å². The molecule has 0 unspecified atom stereocenters. The topological polar surface area (TPSA) is 78.5 Å². The van der Waals surface area contributed by atoms with Gasteiger partial charge in [0.15, 0.2) is 0 Å². The average Bonchev–Trinajstić information content (AvgIpc) is 2.46. The zero-order valence-corrected chi connectivity index (χ0v) is 15.0. The molecule has 23 heavy (non-hydrogen) atoms. The van der Waals surface area contributed by atoms with Gasteiger partial charge in [0.05, 0.1) is 5.75 Å². The highest BCUT2D eigenvalue weighted by atomic mass is 35.5. The van der Waals surface area contributed by atoms with Crippen LogP contribution in [0, 0.1) is 0 Å². The van der Waals surface area contributed by atoms with Crippen LogP contribution in [0.3, 0.4) is 0 Å². The number of sulfonamides is 1. The average molecular weight is 380 g/mol. The van der Waals surface area contributed by atoms with E-state index in [1.807, 2.05) is 0 Å². The first-order valence-corrected chi connectivity index (χ1v) is 9.68. The van der Waals surface area contributed by atoms with Crippen LogP contribution in [0.1, 0.15) is 19.8 Å². The highest BCUT2D eigenvalue weighted by Crippen LogP contribution is 2.22. The maximum absolute atomic E-state index is 12.0. The standard InChI is InChI=1S/C14H19Cl2N3O3S/c1-2-23(21,22)19-5-3-12(4-6-19)17-14(20)18-13-8-10(15)7-11(16)9-13/h7-9,12H,2-6H2,1H3,(H2,17,18,20). The van der Waals surface area contributed by atoms with E-state index in [0.717, 1.165) is 0 Å². The quantitative estimate of drug-likeness (QED) is 0.843. The Hall–Kier alpha value is -1.02. The lowest BCUT2D eigenvalue weighted by molar-refractivity contribution is 0.238. The Kier molecular flexibility index (Phi) is 6.13. The fraction of sp³-hybridized carbons (Fsp3) is 0.500. The molecule has 0 bridgehead atoms. The van der Waals surface area contributed by atoms with Crippen LogP contribution in [0.4, 0.5) is 10.5 Å². The number of halogens is 2. The fourth-order valence-corrected chi connectivity index (χ4v) is 4.10. The van der Waals surface area contributed by atoms with Crippen molar-refractivity contribution < 1.29 is 13.2 Å². The second-order valence-electron chi connectivity index (χ2n) is 5.33. The zero-order chi connectivity index (χ0) is 17.0. The van der Waals surface area contributed by atoms with Gasteiger partial charge in [0.1, 0.15) is 0 Å². The van der Waals surface area contributed by atoms with E-state index in [9.17, 15) is 13.2 Å². The number of urea groups is 1. The van der Waals surface area contributed by atoms with E-state index in [2.05, 4.69) is 10.6 Å². The van der Waals surface area contributed by atoms with Crippen molar-refractivity contribution in [2.75, 3.05) is 24.2 Å². The van der Waals surface area contributed by atoms with E-state index < -0.39 is 10.0 Å². The molecule has 1 heterocycles. The lowest BCUT2D eigenvalue weighted by atomic mass is 10.1. The van der Waals surface area contributed by atoms with Crippen molar-refractivity contribution in [3.8, 4) is 0 Å². The van der Waals surface area contributed by atoms with E-state index in [1.165, 1.54) is 4.31 Å². The minimum Gasteiger partial charge on any atom is -0.335 e. The fourth-order valence-electron chi connectivity index (χ4n) is 2.44. The number of nitrogens with one attached hydrogen (secondary N) is 2. The second kappa shape index (κ2) is 7.70. The molecule has 0 spiro atoms. The maximum Gasteiger partial charge on any atom is 0.319 e. The van der Waals surface area contributed by atoms with Crippen molar-refractivity contribution in [3.63, 3.8) is 0 Å². The van der Waals surface area contributed by atoms with Crippen LogP contribution < -0.4 is 10.6 Å². The summed E-state index contributed by atoms with van der Waals surface area (Å²) in [6.45, 7) is 2.47. The summed E-state index contributed by atoms with van der Waals surface area (Å²) in [6.07, 6.45) is 1.17. The minimum atomic E-state index is -3.16. The van der Waals surface area contributed by atoms with E-state index >= 15 is 0 Å². The van der Waals surface area contributed by atoms with Crippen molar-refractivity contribution in [2.45, 2.75) is 25.8 Å². The number of hydrogen-bond acceptors (Lipinski definition) is 3. The van der Waals surface area contributed by atoms with Crippen molar-refractivity contribution >= 4 is 44.9 Å². The summed E-state index contributed by atoms with van der Waals surface area (Å²) in [5.41, 5.74) is 0.506. The molecule has 2 N–H and O–H groups in total. The summed E-state index contributed by atoms with van der Waals surface area (Å²) in [4.78, 5) is 12.0. The van der Waals surface area contributed by atoms with Gasteiger partial charge < -0.3 is 10.6 Å². The van der Waals surface area contributed by atoms with Crippen LogP contribution in [-0.4, -0.2) is 43.6 Å². The third-order valence-corrected chi connectivity index (χ3v) is 5.99. The van der Waals surface area contributed by atoms with Gasteiger partial charge in [-0.05, 0) is 38.0 Å². The first-order chi connectivity index (χ1) is 10.8. The monoisotopic (exact) mass is 379 g/mol. The summed E-state index contributed by atoms with van der Waals surface area (Å²) < 4.78 is 25.1. The first-order valence-electron chi connectivity index (χ1n) is 7.31.